The molecule has 0 aliphatic carbocycles. The summed E-state index contributed by atoms with van der Waals surface area (Å²) in [5.41, 5.74) is 0. The summed E-state index contributed by atoms with van der Waals surface area (Å²) in [4.78, 5) is 45.3. The smallest absolute Gasteiger partial charge is 0.464 e. The SMILES string of the molecule is O=COC[C@H](COP(=O)(O)OP(=O)(O)O)OC=O. The van der Waals surface area contributed by atoms with E-state index in [-0.39, 0.29) is 12.9 Å². The summed E-state index contributed by atoms with van der Waals surface area (Å²) in [7, 11) is -10.2. The first-order chi connectivity index (χ1) is 8.20. The van der Waals surface area contributed by atoms with E-state index in [4.69, 9.17) is 14.7 Å². The Morgan fingerprint density at radius 1 is 1.06 bits per heavy atom. The molecule has 0 radical (unpaired) electrons. The van der Waals surface area contributed by atoms with Crippen molar-refractivity contribution in [2.45, 2.75) is 6.10 Å². The van der Waals surface area contributed by atoms with Gasteiger partial charge in [-0.1, -0.05) is 0 Å². The number of hydrogen-bond acceptors (Lipinski definition) is 8. The lowest BCUT2D eigenvalue weighted by Crippen LogP contribution is -2.24. The normalized spacial score (nSPS) is 16.4. The van der Waals surface area contributed by atoms with Crippen LogP contribution in [0.5, 0.6) is 0 Å². The van der Waals surface area contributed by atoms with Crippen LogP contribution >= 0.6 is 15.6 Å². The van der Waals surface area contributed by atoms with E-state index in [2.05, 4.69) is 18.3 Å². The van der Waals surface area contributed by atoms with Crippen LogP contribution in [0.4, 0.5) is 0 Å². The van der Waals surface area contributed by atoms with E-state index >= 15 is 0 Å². The van der Waals surface area contributed by atoms with Crippen molar-refractivity contribution in [1.82, 2.24) is 0 Å². The number of phosphoric acid groups is 2. The van der Waals surface area contributed by atoms with Crippen molar-refractivity contribution >= 4 is 28.6 Å². The van der Waals surface area contributed by atoms with Crippen LogP contribution in [0.3, 0.4) is 0 Å². The quantitative estimate of drug-likeness (QED) is 0.332. The van der Waals surface area contributed by atoms with Gasteiger partial charge in [0.15, 0.2) is 6.10 Å². The zero-order chi connectivity index (χ0) is 14.2. The number of phosphoric ester groups is 1. The lowest BCUT2D eigenvalue weighted by atomic mass is 10.4. The molecule has 0 bridgehead atoms. The molecule has 2 atom stereocenters. The molecule has 0 amide bonds. The summed E-state index contributed by atoms with van der Waals surface area (Å²) < 4.78 is 37.4. The van der Waals surface area contributed by atoms with Crippen molar-refractivity contribution in [1.29, 1.82) is 0 Å². The Labute approximate surface area is 100 Å². The van der Waals surface area contributed by atoms with Crippen LogP contribution in [0.15, 0.2) is 0 Å². The van der Waals surface area contributed by atoms with Gasteiger partial charge in [0.05, 0.1) is 6.61 Å². The molecule has 0 spiro atoms. The second-order valence-electron chi connectivity index (χ2n) is 2.62. The van der Waals surface area contributed by atoms with Crippen molar-refractivity contribution in [2.24, 2.45) is 0 Å². The van der Waals surface area contributed by atoms with E-state index in [1.165, 1.54) is 0 Å². The zero-order valence-electron chi connectivity index (χ0n) is 8.65. The van der Waals surface area contributed by atoms with Crippen LogP contribution in [-0.2, 0) is 37.0 Å². The van der Waals surface area contributed by atoms with Crippen LogP contribution in [-0.4, -0.2) is 46.9 Å². The van der Waals surface area contributed by atoms with Crippen molar-refractivity contribution in [3.05, 3.63) is 0 Å². The molecule has 0 saturated heterocycles. The van der Waals surface area contributed by atoms with Crippen molar-refractivity contribution in [3.8, 4) is 0 Å². The summed E-state index contributed by atoms with van der Waals surface area (Å²) in [6.07, 6.45) is -1.23. The summed E-state index contributed by atoms with van der Waals surface area (Å²) in [5, 5.41) is 0. The highest BCUT2D eigenvalue weighted by atomic mass is 31.3. The predicted molar refractivity (Wildman–Crippen MR) is 51.9 cm³/mol. The summed E-state index contributed by atoms with van der Waals surface area (Å²) in [5.74, 6) is 0. The third-order valence-corrected chi connectivity index (χ3v) is 3.38. The summed E-state index contributed by atoms with van der Waals surface area (Å²) in [6.45, 7) is -1.25. The Kier molecular flexibility index (Phi) is 7.26. The third-order valence-electron chi connectivity index (χ3n) is 1.23. The number of ether oxygens (including phenoxy) is 2. The monoisotopic (exact) mass is 308 g/mol. The van der Waals surface area contributed by atoms with Gasteiger partial charge >= 0.3 is 15.6 Å². The van der Waals surface area contributed by atoms with Gasteiger partial charge in [0, 0.05) is 0 Å². The maximum atomic E-state index is 11.0. The minimum Gasteiger partial charge on any atom is -0.464 e. The van der Waals surface area contributed by atoms with E-state index < -0.39 is 35.0 Å². The van der Waals surface area contributed by atoms with Gasteiger partial charge in [0.1, 0.15) is 6.61 Å². The van der Waals surface area contributed by atoms with Gasteiger partial charge in [-0.2, -0.15) is 4.31 Å². The van der Waals surface area contributed by atoms with E-state index in [9.17, 15) is 18.7 Å². The average Bonchev–Trinajstić information content (AvgIpc) is 2.19. The molecule has 0 aliphatic rings. The zero-order valence-corrected chi connectivity index (χ0v) is 10.4. The minimum absolute atomic E-state index is 0.0334. The largest absolute Gasteiger partial charge is 0.481 e. The minimum atomic E-state index is -5.22. The summed E-state index contributed by atoms with van der Waals surface area (Å²) in [6, 6.07) is 0. The van der Waals surface area contributed by atoms with Gasteiger partial charge in [-0.25, -0.2) is 9.13 Å². The van der Waals surface area contributed by atoms with Gasteiger partial charge in [0.2, 0.25) is 0 Å². The molecule has 0 fully saturated rings. The van der Waals surface area contributed by atoms with Crippen LogP contribution < -0.4 is 0 Å². The van der Waals surface area contributed by atoms with Crippen molar-refractivity contribution in [3.63, 3.8) is 0 Å². The molecule has 0 aromatic carbocycles. The average molecular weight is 308 g/mol. The lowest BCUT2D eigenvalue weighted by Gasteiger charge is -2.16. The number of carbonyl (C=O) groups excluding carboxylic acids is 2. The molecular formula is C5H10O11P2. The topological polar surface area (TPSA) is 166 Å². The fraction of sp³-hybridized carbons (Fsp3) is 0.600. The van der Waals surface area contributed by atoms with Crippen LogP contribution in [0.25, 0.3) is 0 Å². The molecule has 106 valence electrons. The molecule has 1 unspecified atom stereocenters. The van der Waals surface area contributed by atoms with Gasteiger partial charge in [-0.05, 0) is 0 Å². The third kappa shape index (κ3) is 9.25. The highest BCUT2D eigenvalue weighted by Gasteiger charge is 2.33. The summed E-state index contributed by atoms with van der Waals surface area (Å²) >= 11 is 0. The number of rotatable bonds is 10. The molecule has 0 saturated carbocycles. The van der Waals surface area contributed by atoms with Gasteiger partial charge in [-0.15, -0.1) is 0 Å². The second kappa shape index (κ2) is 7.59. The van der Waals surface area contributed by atoms with Crippen molar-refractivity contribution < 1.29 is 51.7 Å². The standard InChI is InChI=1S/C5H10O11P2/c6-3-13-1-5(14-4-7)2-15-18(11,12)16-17(8,9)10/h3-5H,1-2H2,(H,11,12)(H2,8,9,10)/t5-/m1/s1. The molecule has 18 heavy (non-hydrogen) atoms. The fourth-order valence-corrected chi connectivity index (χ4v) is 2.31. The number of hydrogen-bond donors (Lipinski definition) is 3. The van der Waals surface area contributed by atoms with E-state index in [1.807, 2.05) is 0 Å². The molecule has 0 aromatic rings. The number of carbonyl (C=O) groups is 2. The first-order valence-corrected chi connectivity index (χ1v) is 7.11. The molecule has 13 heteroatoms. The Morgan fingerprint density at radius 3 is 2.11 bits per heavy atom. The molecule has 11 nitrogen and oxygen atoms in total. The van der Waals surface area contributed by atoms with E-state index in [1.54, 1.807) is 0 Å². The molecule has 0 aromatic heterocycles. The molecule has 0 rings (SSSR count). The Hall–Kier alpha value is -0.800. The Morgan fingerprint density at radius 2 is 1.67 bits per heavy atom. The van der Waals surface area contributed by atoms with Crippen LogP contribution in [0, 0.1) is 0 Å². The molecular weight excluding hydrogens is 298 g/mol. The highest BCUT2D eigenvalue weighted by Crippen LogP contribution is 2.57. The van der Waals surface area contributed by atoms with E-state index in [0.29, 0.717) is 0 Å². The van der Waals surface area contributed by atoms with Crippen molar-refractivity contribution in [2.75, 3.05) is 13.2 Å². The Bertz CT molecular complexity index is 360. The lowest BCUT2D eigenvalue weighted by molar-refractivity contribution is -0.144. The van der Waals surface area contributed by atoms with Gasteiger partial charge in [0.25, 0.3) is 12.9 Å². The van der Waals surface area contributed by atoms with Crippen LogP contribution in [0.1, 0.15) is 0 Å². The molecule has 3 N–H and O–H groups in total. The van der Waals surface area contributed by atoms with E-state index in [0.717, 1.165) is 0 Å². The molecule has 0 aliphatic heterocycles. The fourth-order valence-electron chi connectivity index (χ4n) is 0.687. The second-order valence-corrected chi connectivity index (χ2v) is 5.45. The first-order valence-electron chi connectivity index (χ1n) is 4.09. The Balaban J connectivity index is 4.31. The highest BCUT2D eigenvalue weighted by molar-refractivity contribution is 7.60. The first kappa shape index (κ1) is 17.2. The maximum Gasteiger partial charge on any atom is 0.481 e. The van der Waals surface area contributed by atoms with Gasteiger partial charge in [-0.3, -0.25) is 14.1 Å². The van der Waals surface area contributed by atoms with Crippen LogP contribution in [0.2, 0.25) is 0 Å². The molecule has 0 heterocycles. The predicted octanol–water partition coefficient (Wildman–Crippen LogP) is -1.07. The maximum absolute atomic E-state index is 11.0. The van der Waals surface area contributed by atoms with Gasteiger partial charge < -0.3 is 24.2 Å².